The minimum atomic E-state index is -0.973. The van der Waals surface area contributed by atoms with Gasteiger partial charge in [0.15, 0.2) is 0 Å². The van der Waals surface area contributed by atoms with Gasteiger partial charge in [0, 0.05) is 18.2 Å². The van der Waals surface area contributed by atoms with E-state index in [0.29, 0.717) is 25.0 Å². The molecule has 112 valence electrons. The maximum Gasteiger partial charge on any atom is 0.404 e. The van der Waals surface area contributed by atoms with E-state index in [4.69, 9.17) is 10.1 Å². The molecule has 1 saturated carbocycles. The van der Waals surface area contributed by atoms with Crippen LogP contribution in [0.15, 0.2) is 29.3 Å². The number of fused-ring (bicyclic) bond motifs is 1. The average molecular weight is 287 g/mol. The summed E-state index contributed by atoms with van der Waals surface area (Å²) in [6.07, 6.45) is 4.73. The first-order chi connectivity index (χ1) is 10.2. The molecule has 1 fully saturated rings. The molecular formula is C16H21N3O2. The number of aliphatic imine (C=N–C) groups is 1. The summed E-state index contributed by atoms with van der Waals surface area (Å²) in [5.41, 5.74) is 2.25. The molecule has 0 spiro atoms. The molecule has 1 aliphatic heterocycles. The van der Waals surface area contributed by atoms with Crippen LogP contribution in [-0.2, 0) is 6.42 Å². The highest BCUT2D eigenvalue weighted by Gasteiger charge is 2.30. The Morgan fingerprint density at radius 3 is 2.76 bits per heavy atom. The zero-order valence-electron chi connectivity index (χ0n) is 12.0. The number of amidine groups is 1. The average Bonchev–Trinajstić information content (AvgIpc) is 2.91. The third-order valence-corrected chi connectivity index (χ3v) is 4.26. The molecule has 1 amide bonds. The summed E-state index contributed by atoms with van der Waals surface area (Å²) in [5.74, 6) is 1.02. The Morgan fingerprint density at radius 1 is 1.29 bits per heavy atom. The van der Waals surface area contributed by atoms with Crippen molar-refractivity contribution in [1.29, 1.82) is 0 Å². The van der Waals surface area contributed by atoms with Crippen LogP contribution in [0.1, 0.15) is 36.8 Å². The van der Waals surface area contributed by atoms with Gasteiger partial charge in [-0.3, -0.25) is 4.99 Å². The molecule has 1 aromatic rings. The first kappa shape index (κ1) is 13.9. The lowest BCUT2D eigenvalue weighted by atomic mass is 9.92. The van der Waals surface area contributed by atoms with Gasteiger partial charge in [-0.2, -0.15) is 0 Å². The molecule has 3 rings (SSSR count). The largest absolute Gasteiger partial charge is 0.465 e. The molecule has 1 aliphatic carbocycles. The van der Waals surface area contributed by atoms with Crippen molar-refractivity contribution < 1.29 is 9.90 Å². The van der Waals surface area contributed by atoms with Gasteiger partial charge < -0.3 is 15.7 Å². The number of rotatable bonds is 4. The summed E-state index contributed by atoms with van der Waals surface area (Å²) < 4.78 is 0. The third kappa shape index (κ3) is 3.35. The lowest BCUT2D eigenvalue weighted by molar-refractivity contribution is 0.194. The molecule has 3 N–H and O–H groups in total. The molecule has 0 radical (unpaired) electrons. The van der Waals surface area contributed by atoms with Crippen LogP contribution < -0.4 is 10.6 Å². The van der Waals surface area contributed by atoms with E-state index in [1.54, 1.807) is 0 Å². The lowest BCUT2D eigenvalue weighted by Crippen LogP contribution is -2.36. The van der Waals surface area contributed by atoms with Crippen molar-refractivity contribution in [2.75, 3.05) is 6.54 Å². The molecule has 1 heterocycles. The summed E-state index contributed by atoms with van der Waals surface area (Å²) in [6, 6.07) is 9.20. The summed E-state index contributed by atoms with van der Waals surface area (Å²) >= 11 is 0. The Balaban J connectivity index is 1.60. The molecule has 1 aromatic carbocycles. The van der Waals surface area contributed by atoms with Crippen LogP contribution in [0.3, 0.4) is 0 Å². The van der Waals surface area contributed by atoms with Crippen LogP contribution in [-0.4, -0.2) is 35.7 Å². The van der Waals surface area contributed by atoms with Crippen molar-refractivity contribution in [2.24, 2.45) is 4.99 Å². The highest BCUT2D eigenvalue weighted by Crippen LogP contribution is 2.26. The van der Waals surface area contributed by atoms with Crippen LogP contribution in [0, 0.1) is 0 Å². The second-order valence-electron chi connectivity index (χ2n) is 5.76. The first-order valence-electron chi connectivity index (χ1n) is 7.63. The van der Waals surface area contributed by atoms with E-state index in [2.05, 4.69) is 22.8 Å². The molecule has 5 heteroatoms. The van der Waals surface area contributed by atoms with E-state index in [0.717, 1.165) is 17.0 Å². The smallest absolute Gasteiger partial charge is 0.404 e. The maximum atomic E-state index is 10.4. The Kier molecular flexibility index (Phi) is 4.08. The summed E-state index contributed by atoms with van der Waals surface area (Å²) in [6.45, 7) is 0.442. The number of carboxylic acid groups (broad SMARTS) is 1. The van der Waals surface area contributed by atoms with E-state index in [1.807, 2.05) is 12.1 Å². The van der Waals surface area contributed by atoms with Gasteiger partial charge in [-0.25, -0.2) is 4.79 Å². The van der Waals surface area contributed by atoms with Crippen molar-refractivity contribution in [3.63, 3.8) is 0 Å². The molecule has 0 saturated heterocycles. The van der Waals surface area contributed by atoms with Gasteiger partial charge in [0.1, 0.15) is 5.84 Å². The molecule has 0 bridgehead atoms. The second kappa shape index (κ2) is 6.16. The lowest BCUT2D eigenvalue weighted by Gasteiger charge is -2.23. The Hall–Kier alpha value is -2.04. The van der Waals surface area contributed by atoms with Gasteiger partial charge in [-0.1, -0.05) is 37.1 Å². The van der Waals surface area contributed by atoms with Gasteiger partial charge >= 0.3 is 6.09 Å². The Bertz CT molecular complexity index is 539. The molecule has 5 nitrogen and oxygen atoms in total. The van der Waals surface area contributed by atoms with Crippen LogP contribution in [0.4, 0.5) is 4.79 Å². The predicted octanol–water partition coefficient (Wildman–Crippen LogP) is 2.16. The van der Waals surface area contributed by atoms with Crippen LogP contribution in [0.5, 0.6) is 0 Å². The second-order valence-corrected chi connectivity index (χ2v) is 5.76. The molecule has 2 aliphatic rings. The minimum absolute atomic E-state index is 0.442. The van der Waals surface area contributed by atoms with E-state index in [1.165, 1.54) is 25.7 Å². The fraction of sp³-hybridized carbons (Fsp3) is 0.500. The number of amides is 1. The minimum Gasteiger partial charge on any atom is -0.465 e. The van der Waals surface area contributed by atoms with Gasteiger partial charge in [0.25, 0.3) is 0 Å². The summed E-state index contributed by atoms with van der Waals surface area (Å²) in [5, 5.41) is 14.5. The third-order valence-electron chi connectivity index (χ3n) is 4.26. The van der Waals surface area contributed by atoms with Crippen LogP contribution in [0.2, 0.25) is 0 Å². The van der Waals surface area contributed by atoms with Crippen molar-refractivity contribution in [3.8, 4) is 0 Å². The van der Waals surface area contributed by atoms with Crippen LogP contribution in [0.25, 0.3) is 0 Å². The van der Waals surface area contributed by atoms with E-state index < -0.39 is 6.09 Å². The Labute approximate surface area is 124 Å². The van der Waals surface area contributed by atoms with Crippen molar-refractivity contribution in [1.82, 2.24) is 10.6 Å². The standard InChI is InChI=1S/C16H21N3O2/c20-16(21)17-10-9-11-5-7-12(8-6-11)15-18-13-3-1-2-4-14(13)19-15/h5-8,13-14,17H,1-4,9-10H2,(H,18,19)(H,20,21)/t13-,14-/m1/s1. The number of hydrogen-bond donors (Lipinski definition) is 3. The SMILES string of the molecule is O=C(O)NCCc1ccc(C2=N[C@@H]3CCCC[C@H]3N2)cc1. The molecule has 2 atom stereocenters. The quantitative estimate of drug-likeness (QED) is 0.794. The van der Waals surface area contributed by atoms with Crippen LogP contribution >= 0.6 is 0 Å². The fourth-order valence-electron chi connectivity index (χ4n) is 3.11. The van der Waals surface area contributed by atoms with Gasteiger partial charge in [-0.05, 0) is 24.8 Å². The molecular weight excluding hydrogens is 266 g/mol. The van der Waals surface area contributed by atoms with E-state index in [9.17, 15) is 4.79 Å². The van der Waals surface area contributed by atoms with E-state index >= 15 is 0 Å². The van der Waals surface area contributed by atoms with Crippen molar-refractivity contribution in [2.45, 2.75) is 44.2 Å². The summed E-state index contributed by atoms with van der Waals surface area (Å²) in [7, 11) is 0. The normalized spacial score (nSPS) is 23.9. The van der Waals surface area contributed by atoms with E-state index in [-0.39, 0.29) is 0 Å². The highest BCUT2D eigenvalue weighted by atomic mass is 16.4. The number of carbonyl (C=O) groups is 1. The van der Waals surface area contributed by atoms with Gasteiger partial charge in [0.2, 0.25) is 0 Å². The van der Waals surface area contributed by atoms with Crippen molar-refractivity contribution in [3.05, 3.63) is 35.4 Å². The number of benzene rings is 1. The van der Waals surface area contributed by atoms with Crippen molar-refractivity contribution >= 4 is 11.9 Å². The first-order valence-corrected chi connectivity index (χ1v) is 7.63. The Morgan fingerprint density at radius 2 is 2.05 bits per heavy atom. The number of nitrogens with one attached hydrogen (secondary N) is 2. The maximum absolute atomic E-state index is 10.4. The zero-order valence-corrected chi connectivity index (χ0v) is 12.0. The molecule has 0 aromatic heterocycles. The molecule has 0 unspecified atom stereocenters. The van der Waals surface area contributed by atoms with Gasteiger partial charge in [0.05, 0.1) is 6.04 Å². The monoisotopic (exact) mass is 287 g/mol. The number of nitrogens with zero attached hydrogens (tertiary/aromatic N) is 1. The zero-order chi connectivity index (χ0) is 14.7. The highest BCUT2D eigenvalue weighted by molar-refractivity contribution is 6.00. The molecule has 21 heavy (non-hydrogen) atoms. The number of hydrogen-bond acceptors (Lipinski definition) is 3. The predicted molar refractivity (Wildman–Crippen MR) is 81.9 cm³/mol. The summed E-state index contributed by atoms with van der Waals surface area (Å²) in [4.78, 5) is 15.2. The topological polar surface area (TPSA) is 73.7 Å². The fourth-order valence-corrected chi connectivity index (χ4v) is 3.11. The van der Waals surface area contributed by atoms with Gasteiger partial charge in [-0.15, -0.1) is 0 Å².